The number of anilines is 1. The van der Waals surface area contributed by atoms with Crippen LogP contribution in [0.2, 0.25) is 0 Å². The molecule has 0 radical (unpaired) electrons. The highest BCUT2D eigenvalue weighted by atomic mass is 35.9. The van der Waals surface area contributed by atoms with E-state index in [1.54, 1.807) is 6.92 Å². The van der Waals surface area contributed by atoms with Gasteiger partial charge in [0.25, 0.3) is 5.24 Å². The van der Waals surface area contributed by atoms with E-state index in [2.05, 4.69) is 19.6 Å². The minimum Gasteiger partial charge on any atom is -0.395 e. The molecule has 0 aromatic carbocycles. The molecule has 0 unspecified atom stereocenters. The number of rotatable bonds is 6. The van der Waals surface area contributed by atoms with Crippen molar-refractivity contribution in [2.45, 2.75) is 6.92 Å². The van der Waals surface area contributed by atoms with Gasteiger partial charge >= 0.3 is 6.00 Å². The second-order valence-electron chi connectivity index (χ2n) is 2.63. The Morgan fingerprint density at radius 3 is 2.78 bits per heavy atom. The van der Waals surface area contributed by atoms with Crippen LogP contribution in [-0.2, 0) is 14.2 Å². The second kappa shape index (κ2) is 6.68. The maximum absolute atomic E-state index is 11.1. The SMILES string of the molecule is CCO/N=C(/C(=O)Cl)c1nsc(NP(=O)(Cl)Cl)n1. The Balaban J connectivity index is 2.95. The van der Waals surface area contributed by atoms with Crippen molar-refractivity contribution in [3.8, 4) is 0 Å². The number of nitrogens with one attached hydrogen (secondary N) is 1. The lowest BCUT2D eigenvalue weighted by Crippen LogP contribution is -2.12. The van der Waals surface area contributed by atoms with Crippen molar-refractivity contribution in [3.63, 3.8) is 0 Å². The summed E-state index contributed by atoms with van der Waals surface area (Å²) in [6.07, 6.45) is 0. The minimum atomic E-state index is -3.54. The van der Waals surface area contributed by atoms with Gasteiger partial charge in [0.2, 0.25) is 16.7 Å². The van der Waals surface area contributed by atoms with Gasteiger partial charge in [-0.1, -0.05) is 5.16 Å². The molecule has 0 aliphatic heterocycles. The monoisotopic (exact) mass is 350 g/mol. The summed E-state index contributed by atoms with van der Waals surface area (Å²) in [6.45, 7) is 1.93. The van der Waals surface area contributed by atoms with E-state index in [1.807, 2.05) is 0 Å². The molecule has 0 bridgehead atoms. The zero-order valence-electron chi connectivity index (χ0n) is 8.76. The number of halogens is 3. The van der Waals surface area contributed by atoms with E-state index in [0.717, 1.165) is 11.5 Å². The highest BCUT2D eigenvalue weighted by Gasteiger charge is 2.21. The predicted molar refractivity (Wildman–Crippen MR) is 71.9 cm³/mol. The van der Waals surface area contributed by atoms with Crippen molar-refractivity contribution in [1.29, 1.82) is 0 Å². The average Bonchev–Trinajstić information content (AvgIpc) is 2.63. The van der Waals surface area contributed by atoms with E-state index in [1.165, 1.54) is 0 Å². The number of hydrogen-bond acceptors (Lipinski definition) is 7. The maximum Gasteiger partial charge on any atom is 0.345 e. The van der Waals surface area contributed by atoms with Crippen molar-refractivity contribution in [3.05, 3.63) is 5.82 Å². The molecule has 0 aliphatic carbocycles. The van der Waals surface area contributed by atoms with Crippen LogP contribution < -0.4 is 5.09 Å². The van der Waals surface area contributed by atoms with Gasteiger partial charge in [0.15, 0.2) is 0 Å². The molecule has 0 atom stereocenters. The van der Waals surface area contributed by atoms with Crippen LogP contribution >= 0.6 is 51.6 Å². The van der Waals surface area contributed by atoms with E-state index in [9.17, 15) is 9.36 Å². The predicted octanol–water partition coefficient (Wildman–Crippen LogP) is 3.04. The van der Waals surface area contributed by atoms with Crippen LogP contribution in [0.15, 0.2) is 5.16 Å². The zero-order chi connectivity index (χ0) is 13.8. The van der Waals surface area contributed by atoms with E-state index >= 15 is 0 Å². The van der Waals surface area contributed by atoms with E-state index < -0.39 is 11.2 Å². The first-order chi connectivity index (χ1) is 8.33. The minimum absolute atomic E-state index is 0.0699. The first-order valence-electron chi connectivity index (χ1n) is 4.35. The van der Waals surface area contributed by atoms with E-state index in [-0.39, 0.29) is 23.3 Å². The highest BCUT2D eigenvalue weighted by Crippen LogP contribution is 2.55. The molecule has 0 aliphatic rings. The van der Waals surface area contributed by atoms with Gasteiger partial charge in [-0.3, -0.25) is 14.4 Å². The maximum atomic E-state index is 11.1. The van der Waals surface area contributed by atoms with Gasteiger partial charge in [-0.25, -0.2) is 0 Å². The molecule has 1 rings (SSSR count). The standard InChI is InChI=1S/C6H6Cl3N4O3PS/c1-2-16-11-3(4(7)14)5-10-6(18-13-5)12-17(8,9)15/h2H2,1H3,(H,10,12,13,15)/b11-3-. The lowest BCUT2D eigenvalue weighted by molar-refractivity contribution is -0.106. The highest BCUT2D eigenvalue weighted by molar-refractivity contribution is 8.09. The summed E-state index contributed by atoms with van der Waals surface area (Å²) in [5.41, 5.74) is -0.262. The number of nitrogens with zero attached hydrogens (tertiary/aromatic N) is 3. The molecule has 1 N–H and O–H groups in total. The summed E-state index contributed by atoms with van der Waals surface area (Å²) in [5, 5.41) is 4.90. The molecule has 0 fully saturated rings. The fourth-order valence-corrected chi connectivity index (χ4v) is 2.92. The molecule has 18 heavy (non-hydrogen) atoms. The van der Waals surface area contributed by atoms with Crippen LogP contribution in [0.1, 0.15) is 12.7 Å². The number of aromatic nitrogens is 2. The fraction of sp³-hybridized carbons (Fsp3) is 0.333. The van der Waals surface area contributed by atoms with Crippen LogP contribution in [0.5, 0.6) is 0 Å². The third kappa shape index (κ3) is 5.07. The normalized spacial score (nSPS) is 12.3. The van der Waals surface area contributed by atoms with Crippen molar-refractivity contribution >= 4 is 67.7 Å². The lowest BCUT2D eigenvalue weighted by atomic mass is 10.4. The Labute approximate surface area is 121 Å². The van der Waals surface area contributed by atoms with Gasteiger partial charge < -0.3 is 4.84 Å². The first-order valence-corrected chi connectivity index (χ1v) is 9.02. The number of oxime groups is 1. The Hall–Kier alpha value is -0.400. The molecule has 1 aromatic heterocycles. The Morgan fingerprint density at radius 2 is 2.28 bits per heavy atom. The number of carbonyl (C=O) groups is 1. The summed E-state index contributed by atoms with van der Waals surface area (Å²) in [7, 11) is 0. The van der Waals surface area contributed by atoms with Gasteiger partial charge in [0, 0.05) is 11.5 Å². The number of carbonyl (C=O) groups excluding carboxylic acids is 1. The summed E-state index contributed by atoms with van der Waals surface area (Å²) in [4.78, 5) is 19.6. The molecule has 0 saturated heterocycles. The third-order valence-corrected chi connectivity index (χ3v) is 3.27. The molecule has 7 nitrogen and oxygen atoms in total. The van der Waals surface area contributed by atoms with Crippen molar-refractivity contribution < 1.29 is 14.2 Å². The van der Waals surface area contributed by atoms with E-state index in [4.69, 9.17) is 38.9 Å². The Kier molecular flexibility index (Phi) is 5.81. The largest absolute Gasteiger partial charge is 0.395 e. The van der Waals surface area contributed by atoms with Gasteiger partial charge in [-0.05, 0) is 41.0 Å². The summed E-state index contributed by atoms with van der Waals surface area (Å²) < 4.78 is 14.9. The van der Waals surface area contributed by atoms with Gasteiger partial charge in [0.05, 0.1) is 0 Å². The lowest BCUT2D eigenvalue weighted by Gasteiger charge is -2.00. The van der Waals surface area contributed by atoms with E-state index in [0.29, 0.717) is 0 Å². The first kappa shape index (κ1) is 15.7. The van der Waals surface area contributed by atoms with Crippen LogP contribution in [0.3, 0.4) is 0 Å². The van der Waals surface area contributed by atoms with Crippen LogP contribution in [0.4, 0.5) is 5.13 Å². The Morgan fingerprint density at radius 1 is 1.61 bits per heavy atom. The van der Waals surface area contributed by atoms with Gasteiger partial charge in [-0.15, -0.1) is 0 Å². The number of hydrogen-bond donors (Lipinski definition) is 1. The summed E-state index contributed by atoms with van der Waals surface area (Å²) >= 11 is 16.7. The second-order valence-corrected chi connectivity index (χ2v) is 8.25. The molecule has 100 valence electrons. The molecule has 12 heteroatoms. The average molecular weight is 352 g/mol. The molecular weight excluding hydrogens is 345 g/mol. The van der Waals surface area contributed by atoms with Gasteiger partial charge in [-0.2, -0.15) is 9.36 Å². The molecule has 1 heterocycles. The fourth-order valence-electron chi connectivity index (χ4n) is 0.770. The summed E-state index contributed by atoms with van der Waals surface area (Å²) in [5.74, 6) is -3.61. The molecule has 0 saturated carbocycles. The quantitative estimate of drug-likeness (QED) is 0.366. The zero-order valence-corrected chi connectivity index (χ0v) is 12.7. The molecule has 1 aromatic rings. The van der Waals surface area contributed by atoms with Crippen molar-refractivity contribution in [2.75, 3.05) is 11.7 Å². The molecule has 0 amide bonds. The smallest absolute Gasteiger partial charge is 0.345 e. The Bertz CT molecular complexity index is 516. The van der Waals surface area contributed by atoms with Crippen LogP contribution in [0, 0.1) is 0 Å². The van der Waals surface area contributed by atoms with Crippen LogP contribution in [-0.4, -0.2) is 26.9 Å². The molecular formula is C6H6Cl3N4O3PS. The summed E-state index contributed by atoms with van der Waals surface area (Å²) in [6, 6.07) is 0. The van der Waals surface area contributed by atoms with Crippen LogP contribution in [0.25, 0.3) is 0 Å². The topological polar surface area (TPSA) is 93.5 Å². The molecule has 0 spiro atoms. The third-order valence-electron chi connectivity index (χ3n) is 1.33. The van der Waals surface area contributed by atoms with Crippen molar-refractivity contribution in [2.24, 2.45) is 5.16 Å². The van der Waals surface area contributed by atoms with Crippen molar-refractivity contribution in [1.82, 2.24) is 9.36 Å². The van der Waals surface area contributed by atoms with Gasteiger partial charge in [0.1, 0.15) is 6.61 Å².